The smallest absolute Gasteiger partial charge is 0.0702 e. The summed E-state index contributed by atoms with van der Waals surface area (Å²) in [5.41, 5.74) is 2.28. The molecule has 0 fully saturated rings. The van der Waals surface area contributed by atoms with E-state index in [0.717, 1.165) is 25.0 Å². The average molecular weight is 276 g/mol. The summed E-state index contributed by atoms with van der Waals surface area (Å²) in [6.07, 6.45) is 4.52. The Labute approximate surface area is 116 Å². The number of rotatable bonds is 6. The van der Waals surface area contributed by atoms with E-state index in [1.165, 1.54) is 10.9 Å². The molecule has 2 atom stereocenters. The summed E-state index contributed by atoms with van der Waals surface area (Å²) >= 11 is 0. The van der Waals surface area contributed by atoms with Crippen molar-refractivity contribution in [3.8, 4) is 0 Å². The largest absolute Gasteiger partial charge is 0.313 e. The Morgan fingerprint density at radius 1 is 1.37 bits per heavy atom. The molecule has 1 aromatic heterocycles. The van der Waals surface area contributed by atoms with Gasteiger partial charge >= 0.3 is 0 Å². The van der Waals surface area contributed by atoms with Crippen LogP contribution in [0.15, 0.2) is 36.5 Å². The van der Waals surface area contributed by atoms with Gasteiger partial charge in [0.2, 0.25) is 0 Å². The Kier molecular flexibility index (Phi) is 5.05. The Morgan fingerprint density at radius 2 is 2.21 bits per heavy atom. The third-order valence-electron chi connectivity index (χ3n) is 3.29. The summed E-state index contributed by atoms with van der Waals surface area (Å²) in [6.45, 7) is 3.76. The van der Waals surface area contributed by atoms with Crippen LogP contribution in [-0.2, 0) is 17.3 Å². The van der Waals surface area contributed by atoms with E-state index in [9.17, 15) is 4.21 Å². The van der Waals surface area contributed by atoms with E-state index in [0.29, 0.717) is 0 Å². The molecule has 102 valence electrons. The molecule has 2 rings (SSSR count). The van der Waals surface area contributed by atoms with E-state index >= 15 is 0 Å². The van der Waals surface area contributed by atoms with Crippen molar-refractivity contribution >= 4 is 21.7 Å². The maximum atomic E-state index is 11.2. The number of nitrogens with zero attached hydrogens (tertiary/aromatic N) is 1. The third-order valence-corrected chi connectivity index (χ3v) is 4.66. The van der Waals surface area contributed by atoms with Crippen LogP contribution in [0.3, 0.4) is 0 Å². The third kappa shape index (κ3) is 4.11. The highest BCUT2D eigenvalue weighted by atomic mass is 32.2. The molecule has 19 heavy (non-hydrogen) atoms. The fourth-order valence-electron chi connectivity index (χ4n) is 1.94. The van der Waals surface area contributed by atoms with Gasteiger partial charge in [-0.05, 0) is 36.7 Å². The summed E-state index contributed by atoms with van der Waals surface area (Å²) in [5, 5.41) is 4.83. The van der Waals surface area contributed by atoms with Gasteiger partial charge in [-0.2, -0.15) is 0 Å². The molecule has 0 amide bonds. The standard InChI is InChI=1S/C15H20N2OS/c1-12(19(2)18)7-9-16-11-13-5-6-15-14(10-13)4-3-8-17-15/h3-6,8,10,12,16H,7,9,11H2,1-2H3. The Balaban J connectivity index is 1.86. The average Bonchev–Trinajstić information content (AvgIpc) is 2.43. The van der Waals surface area contributed by atoms with Crippen LogP contribution >= 0.6 is 0 Å². The van der Waals surface area contributed by atoms with Crippen molar-refractivity contribution in [1.29, 1.82) is 0 Å². The number of benzene rings is 1. The maximum absolute atomic E-state index is 11.2. The molecule has 3 nitrogen and oxygen atoms in total. The summed E-state index contributed by atoms with van der Waals surface area (Å²) in [4.78, 5) is 4.31. The number of nitrogens with one attached hydrogen (secondary N) is 1. The molecule has 0 aliphatic carbocycles. The molecule has 0 aliphatic rings. The Morgan fingerprint density at radius 3 is 3.00 bits per heavy atom. The molecule has 0 saturated carbocycles. The van der Waals surface area contributed by atoms with Crippen LogP contribution in [0.4, 0.5) is 0 Å². The van der Waals surface area contributed by atoms with Gasteiger partial charge in [-0.3, -0.25) is 9.19 Å². The van der Waals surface area contributed by atoms with E-state index in [1.54, 1.807) is 6.26 Å². The molecule has 0 bridgehead atoms. The monoisotopic (exact) mass is 276 g/mol. The van der Waals surface area contributed by atoms with Gasteiger partial charge in [0.1, 0.15) is 0 Å². The van der Waals surface area contributed by atoms with Crippen molar-refractivity contribution in [2.45, 2.75) is 25.1 Å². The minimum atomic E-state index is -0.725. The molecule has 4 heteroatoms. The van der Waals surface area contributed by atoms with Crippen LogP contribution in [0.5, 0.6) is 0 Å². The number of hydrogen-bond donors (Lipinski definition) is 1. The molecule has 0 radical (unpaired) electrons. The van der Waals surface area contributed by atoms with E-state index < -0.39 is 10.8 Å². The van der Waals surface area contributed by atoms with Crippen LogP contribution in [0.1, 0.15) is 18.9 Å². The molecule has 1 aromatic carbocycles. The molecule has 1 N–H and O–H groups in total. The first-order valence-corrected chi connectivity index (χ1v) is 8.15. The molecule has 0 saturated heterocycles. The molecule has 0 aliphatic heterocycles. The van der Waals surface area contributed by atoms with Crippen LogP contribution in [-0.4, -0.2) is 27.2 Å². The van der Waals surface area contributed by atoms with Gasteiger partial charge in [0.25, 0.3) is 0 Å². The van der Waals surface area contributed by atoms with Crippen molar-refractivity contribution in [1.82, 2.24) is 10.3 Å². The minimum Gasteiger partial charge on any atom is -0.313 e. The zero-order chi connectivity index (χ0) is 13.7. The van der Waals surface area contributed by atoms with Crippen molar-refractivity contribution in [2.24, 2.45) is 0 Å². The van der Waals surface area contributed by atoms with E-state index in [-0.39, 0.29) is 5.25 Å². The number of hydrogen-bond acceptors (Lipinski definition) is 3. The highest BCUT2D eigenvalue weighted by Gasteiger charge is 2.04. The summed E-state index contributed by atoms with van der Waals surface area (Å²) in [5.74, 6) is 0. The Hall–Kier alpha value is -1.26. The second kappa shape index (κ2) is 6.78. The fraction of sp³-hybridized carbons (Fsp3) is 0.400. The van der Waals surface area contributed by atoms with Gasteiger partial charge in [-0.25, -0.2) is 0 Å². The van der Waals surface area contributed by atoms with Gasteiger partial charge in [0.15, 0.2) is 0 Å². The van der Waals surface area contributed by atoms with Crippen molar-refractivity contribution in [3.05, 3.63) is 42.1 Å². The zero-order valence-corrected chi connectivity index (χ0v) is 12.2. The van der Waals surface area contributed by atoms with Crippen molar-refractivity contribution in [2.75, 3.05) is 12.8 Å². The first kappa shape index (κ1) is 14.2. The maximum Gasteiger partial charge on any atom is 0.0702 e. The quantitative estimate of drug-likeness (QED) is 0.824. The number of aromatic nitrogens is 1. The normalized spacial score (nSPS) is 14.4. The molecule has 2 aromatic rings. The van der Waals surface area contributed by atoms with Crippen LogP contribution in [0.25, 0.3) is 10.9 Å². The molecular weight excluding hydrogens is 256 g/mol. The van der Waals surface area contributed by atoms with Gasteiger partial charge in [0.05, 0.1) is 5.52 Å². The molecule has 1 heterocycles. The summed E-state index contributed by atoms with van der Waals surface area (Å²) < 4.78 is 11.2. The lowest BCUT2D eigenvalue weighted by atomic mass is 10.1. The van der Waals surface area contributed by atoms with Gasteiger partial charge in [-0.1, -0.05) is 19.1 Å². The van der Waals surface area contributed by atoms with E-state index in [1.807, 2.05) is 19.2 Å². The highest BCUT2D eigenvalue weighted by Crippen LogP contribution is 2.13. The molecule has 0 spiro atoms. The lowest BCUT2D eigenvalue weighted by Crippen LogP contribution is -2.20. The van der Waals surface area contributed by atoms with Crippen molar-refractivity contribution in [3.63, 3.8) is 0 Å². The Bertz CT molecular complexity index is 571. The van der Waals surface area contributed by atoms with Crippen molar-refractivity contribution < 1.29 is 4.21 Å². The van der Waals surface area contributed by atoms with Crippen LogP contribution in [0, 0.1) is 0 Å². The van der Waals surface area contributed by atoms with Gasteiger partial charge < -0.3 is 5.32 Å². The fourth-order valence-corrected chi connectivity index (χ4v) is 2.39. The first-order chi connectivity index (χ1) is 9.16. The molecular formula is C15H20N2OS. The topological polar surface area (TPSA) is 42.0 Å². The SMILES string of the molecule is CC(CCNCc1ccc2ncccc2c1)S(C)=O. The zero-order valence-electron chi connectivity index (χ0n) is 11.4. The lowest BCUT2D eigenvalue weighted by Gasteiger charge is -2.09. The minimum absolute atomic E-state index is 0.258. The second-order valence-corrected chi connectivity index (χ2v) is 6.61. The highest BCUT2D eigenvalue weighted by molar-refractivity contribution is 7.84. The second-order valence-electron chi connectivity index (χ2n) is 4.81. The van der Waals surface area contributed by atoms with Gasteiger partial charge in [0, 0.05) is 40.4 Å². The van der Waals surface area contributed by atoms with E-state index in [4.69, 9.17) is 0 Å². The predicted molar refractivity (Wildman–Crippen MR) is 81.6 cm³/mol. The number of fused-ring (bicyclic) bond motifs is 1. The van der Waals surface area contributed by atoms with E-state index in [2.05, 4.69) is 34.6 Å². The summed E-state index contributed by atoms with van der Waals surface area (Å²) in [6, 6.07) is 10.3. The lowest BCUT2D eigenvalue weighted by molar-refractivity contribution is 0.629. The first-order valence-electron chi connectivity index (χ1n) is 6.53. The van der Waals surface area contributed by atoms with Crippen LogP contribution in [0.2, 0.25) is 0 Å². The summed E-state index contributed by atoms with van der Waals surface area (Å²) in [7, 11) is -0.725. The number of pyridine rings is 1. The van der Waals surface area contributed by atoms with Gasteiger partial charge in [-0.15, -0.1) is 0 Å². The van der Waals surface area contributed by atoms with Crippen LogP contribution < -0.4 is 5.32 Å². The predicted octanol–water partition coefficient (Wildman–Crippen LogP) is 2.48. The molecule has 2 unspecified atom stereocenters.